The molecule has 0 spiro atoms. The SMILES string of the molecule is CN1CCCC(NCC(O)C2CC2)C1. The van der Waals surface area contributed by atoms with E-state index in [1.54, 1.807) is 0 Å². The second kappa shape index (κ2) is 4.60. The van der Waals surface area contributed by atoms with Gasteiger partial charge in [-0.2, -0.15) is 0 Å². The van der Waals surface area contributed by atoms with Crippen molar-refractivity contribution in [3.63, 3.8) is 0 Å². The minimum Gasteiger partial charge on any atom is -0.392 e. The number of likely N-dealkylation sites (N-methyl/N-ethyl adjacent to an activating group) is 1. The summed E-state index contributed by atoms with van der Waals surface area (Å²) in [6.45, 7) is 3.16. The van der Waals surface area contributed by atoms with Gasteiger partial charge >= 0.3 is 0 Å². The highest BCUT2D eigenvalue weighted by Crippen LogP contribution is 2.32. The molecule has 1 saturated heterocycles. The summed E-state index contributed by atoms with van der Waals surface area (Å²) in [7, 11) is 2.17. The van der Waals surface area contributed by atoms with Gasteiger partial charge in [-0.1, -0.05) is 0 Å². The molecule has 1 heterocycles. The second-order valence-corrected chi connectivity index (χ2v) is 4.91. The molecule has 2 atom stereocenters. The number of nitrogens with zero attached hydrogens (tertiary/aromatic N) is 1. The molecule has 0 aromatic heterocycles. The van der Waals surface area contributed by atoms with Gasteiger partial charge in [0.1, 0.15) is 0 Å². The Morgan fingerprint density at radius 1 is 1.43 bits per heavy atom. The van der Waals surface area contributed by atoms with Crippen LogP contribution in [0.2, 0.25) is 0 Å². The molecule has 3 heteroatoms. The number of likely N-dealkylation sites (tertiary alicyclic amines) is 1. The number of hydrogen-bond acceptors (Lipinski definition) is 3. The molecule has 3 nitrogen and oxygen atoms in total. The fourth-order valence-corrected chi connectivity index (χ4v) is 2.27. The zero-order valence-electron chi connectivity index (χ0n) is 9.08. The highest BCUT2D eigenvalue weighted by atomic mass is 16.3. The van der Waals surface area contributed by atoms with Gasteiger partial charge in [-0.15, -0.1) is 0 Å². The van der Waals surface area contributed by atoms with Gasteiger partial charge < -0.3 is 15.3 Å². The van der Waals surface area contributed by atoms with Crippen LogP contribution in [-0.2, 0) is 0 Å². The van der Waals surface area contributed by atoms with E-state index in [9.17, 15) is 5.11 Å². The number of aliphatic hydroxyl groups is 1. The zero-order valence-corrected chi connectivity index (χ0v) is 9.08. The Morgan fingerprint density at radius 2 is 2.21 bits per heavy atom. The summed E-state index contributed by atoms with van der Waals surface area (Å²) < 4.78 is 0. The first-order valence-electron chi connectivity index (χ1n) is 5.85. The van der Waals surface area contributed by atoms with E-state index in [-0.39, 0.29) is 6.10 Å². The van der Waals surface area contributed by atoms with Crippen LogP contribution in [0.5, 0.6) is 0 Å². The monoisotopic (exact) mass is 198 g/mol. The minimum atomic E-state index is -0.0952. The molecule has 2 unspecified atom stereocenters. The van der Waals surface area contributed by atoms with Gasteiger partial charge in [-0.25, -0.2) is 0 Å². The molecule has 2 N–H and O–H groups in total. The third kappa shape index (κ3) is 2.94. The highest BCUT2D eigenvalue weighted by Gasteiger charge is 2.30. The molecule has 1 saturated carbocycles. The molecule has 0 bridgehead atoms. The second-order valence-electron chi connectivity index (χ2n) is 4.91. The molecule has 0 amide bonds. The third-order valence-electron chi connectivity index (χ3n) is 3.41. The van der Waals surface area contributed by atoms with Crippen molar-refractivity contribution in [2.45, 2.75) is 37.8 Å². The summed E-state index contributed by atoms with van der Waals surface area (Å²) in [5.74, 6) is 0.601. The Balaban J connectivity index is 1.63. The Labute approximate surface area is 86.5 Å². The van der Waals surface area contributed by atoms with Gasteiger partial charge in [-0.3, -0.25) is 0 Å². The predicted octanol–water partition coefficient (Wildman–Crippen LogP) is 0.441. The Kier molecular flexibility index (Phi) is 3.42. The Hall–Kier alpha value is -0.120. The number of hydrogen-bond donors (Lipinski definition) is 2. The number of piperidine rings is 1. The summed E-state index contributed by atoms with van der Waals surface area (Å²) >= 11 is 0. The molecule has 14 heavy (non-hydrogen) atoms. The van der Waals surface area contributed by atoms with Crippen molar-refractivity contribution in [1.82, 2.24) is 10.2 Å². The van der Waals surface area contributed by atoms with E-state index in [1.807, 2.05) is 0 Å². The number of rotatable bonds is 4. The molecule has 2 fully saturated rings. The first kappa shape index (κ1) is 10.4. The summed E-state index contributed by atoms with van der Waals surface area (Å²) in [5.41, 5.74) is 0. The fourth-order valence-electron chi connectivity index (χ4n) is 2.27. The molecule has 2 aliphatic rings. The highest BCUT2D eigenvalue weighted by molar-refractivity contribution is 4.84. The van der Waals surface area contributed by atoms with Gasteiger partial charge in [0.25, 0.3) is 0 Å². The standard InChI is InChI=1S/C11H22N2O/c1-13-6-2-3-10(8-13)12-7-11(14)9-4-5-9/h9-12,14H,2-8H2,1H3. The van der Waals surface area contributed by atoms with Crippen molar-refractivity contribution >= 4 is 0 Å². The molecule has 1 aliphatic carbocycles. The first-order chi connectivity index (χ1) is 6.75. The summed E-state index contributed by atoms with van der Waals surface area (Å²) in [5, 5.41) is 13.2. The van der Waals surface area contributed by atoms with E-state index in [2.05, 4.69) is 17.3 Å². The zero-order chi connectivity index (χ0) is 9.97. The van der Waals surface area contributed by atoms with Crippen LogP contribution in [0.25, 0.3) is 0 Å². The summed E-state index contributed by atoms with van der Waals surface area (Å²) in [4.78, 5) is 2.37. The van der Waals surface area contributed by atoms with E-state index in [4.69, 9.17) is 0 Å². The topological polar surface area (TPSA) is 35.5 Å². The fraction of sp³-hybridized carbons (Fsp3) is 1.00. The Morgan fingerprint density at radius 3 is 2.86 bits per heavy atom. The van der Waals surface area contributed by atoms with Crippen molar-refractivity contribution in [2.24, 2.45) is 5.92 Å². The summed E-state index contributed by atoms with van der Waals surface area (Å²) in [6.07, 6.45) is 4.92. The molecular formula is C11H22N2O. The van der Waals surface area contributed by atoms with Crippen LogP contribution in [-0.4, -0.2) is 48.8 Å². The lowest BCUT2D eigenvalue weighted by molar-refractivity contribution is 0.134. The lowest BCUT2D eigenvalue weighted by Crippen LogP contribution is -2.46. The van der Waals surface area contributed by atoms with Crippen LogP contribution in [0, 0.1) is 5.92 Å². The molecule has 0 aromatic rings. The first-order valence-corrected chi connectivity index (χ1v) is 5.85. The number of aliphatic hydroxyl groups excluding tert-OH is 1. The average Bonchev–Trinajstić information content (AvgIpc) is 2.97. The number of nitrogens with one attached hydrogen (secondary N) is 1. The van der Waals surface area contributed by atoms with Crippen LogP contribution in [0.4, 0.5) is 0 Å². The van der Waals surface area contributed by atoms with E-state index in [1.165, 1.54) is 32.2 Å². The van der Waals surface area contributed by atoms with Crippen molar-refractivity contribution in [1.29, 1.82) is 0 Å². The molecule has 1 aliphatic heterocycles. The molecular weight excluding hydrogens is 176 g/mol. The Bertz CT molecular complexity index is 182. The molecule has 82 valence electrons. The van der Waals surface area contributed by atoms with Crippen molar-refractivity contribution in [2.75, 3.05) is 26.7 Å². The van der Waals surface area contributed by atoms with Gasteiger partial charge in [0.05, 0.1) is 6.10 Å². The smallest absolute Gasteiger partial charge is 0.0692 e. The van der Waals surface area contributed by atoms with Gasteiger partial charge in [0.15, 0.2) is 0 Å². The van der Waals surface area contributed by atoms with E-state index in [0.29, 0.717) is 12.0 Å². The predicted molar refractivity (Wildman–Crippen MR) is 57.3 cm³/mol. The van der Waals surface area contributed by atoms with Crippen LogP contribution in [0.3, 0.4) is 0 Å². The summed E-state index contributed by atoms with van der Waals surface area (Å²) in [6, 6.07) is 0.599. The van der Waals surface area contributed by atoms with E-state index in [0.717, 1.165) is 13.1 Å². The van der Waals surface area contributed by atoms with Gasteiger partial charge in [0, 0.05) is 19.1 Å². The molecule has 0 aromatic carbocycles. The maximum Gasteiger partial charge on any atom is 0.0692 e. The van der Waals surface area contributed by atoms with Crippen LogP contribution in [0.15, 0.2) is 0 Å². The molecule has 2 rings (SSSR count). The normalized spacial score (nSPS) is 31.7. The van der Waals surface area contributed by atoms with Crippen molar-refractivity contribution < 1.29 is 5.11 Å². The van der Waals surface area contributed by atoms with Gasteiger partial charge in [-0.05, 0) is 45.2 Å². The largest absolute Gasteiger partial charge is 0.392 e. The lowest BCUT2D eigenvalue weighted by Gasteiger charge is -2.31. The van der Waals surface area contributed by atoms with Gasteiger partial charge in [0.2, 0.25) is 0 Å². The van der Waals surface area contributed by atoms with E-state index >= 15 is 0 Å². The molecule has 0 radical (unpaired) electrons. The van der Waals surface area contributed by atoms with Crippen LogP contribution >= 0.6 is 0 Å². The van der Waals surface area contributed by atoms with Crippen LogP contribution < -0.4 is 5.32 Å². The quantitative estimate of drug-likeness (QED) is 0.688. The maximum absolute atomic E-state index is 9.71. The lowest BCUT2D eigenvalue weighted by atomic mass is 10.1. The minimum absolute atomic E-state index is 0.0952. The van der Waals surface area contributed by atoms with Crippen molar-refractivity contribution in [3.8, 4) is 0 Å². The van der Waals surface area contributed by atoms with E-state index < -0.39 is 0 Å². The average molecular weight is 198 g/mol. The maximum atomic E-state index is 9.71. The van der Waals surface area contributed by atoms with Crippen LogP contribution in [0.1, 0.15) is 25.7 Å². The third-order valence-corrected chi connectivity index (χ3v) is 3.41. The van der Waals surface area contributed by atoms with Crippen molar-refractivity contribution in [3.05, 3.63) is 0 Å².